The highest BCUT2D eigenvalue weighted by atomic mass is 32.2. The SMILES string of the molecule is COc1ccc([C@@H]2CC(c3ccc4ccccc4c3)=NN2C(=O)CN(C)[C@H]2CCS(=O)(=O)C2)cc1. The first-order valence-corrected chi connectivity index (χ1v) is 13.6. The lowest BCUT2D eigenvalue weighted by atomic mass is 9.97. The van der Waals surface area contributed by atoms with E-state index in [9.17, 15) is 13.2 Å². The first-order chi connectivity index (χ1) is 16.8. The summed E-state index contributed by atoms with van der Waals surface area (Å²) in [5, 5.41) is 8.65. The summed E-state index contributed by atoms with van der Waals surface area (Å²) in [4.78, 5) is 15.3. The number of nitrogens with zero attached hydrogens (tertiary/aromatic N) is 3. The van der Waals surface area contributed by atoms with Crippen LogP contribution in [0.3, 0.4) is 0 Å². The van der Waals surface area contributed by atoms with Crippen LogP contribution < -0.4 is 4.74 Å². The second-order valence-electron chi connectivity index (χ2n) is 9.31. The average molecular weight is 492 g/mol. The van der Waals surface area contributed by atoms with E-state index < -0.39 is 9.84 Å². The van der Waals surface area contributed by atoms with Crippen LogP contribution in [0.2, 0.25) is 0 Å². The predicted octanol–water partition coefficient (Wildman–Crippen LogP) is 3.65. The van der Waals surface area contributed by atoms with Crippen molar-refractivity contribution < 1.29 is 17.9 Å². The summed E-state index contributed by atoms with van der Waals surface area (Å²) in [6.07, 6.45) is 1.15. The normalized spacial score (nSPS) is 21.5. The standard InChI is InChI=1S/C27H29N3O4S/c1-29(23-13-14-35(32,33)18-23)17-27(31)30-26(20-9-11-24(34-2)12-10-20)16-25(28-30)22-8-7-19-5-3-4-6-21(19)15-22/h3-12,15,23,26H,13-14,16-18H2,1-2H3/t23-,26-/m0/s1. The summed E-state index contributed by atoms with van der Waals surface area (Å²) in [6, 6.07) is 21.7. The molecule has 5 rings (SSSR count). The van der Waals surface area contributed by atoms with Gasteiger partial charge in [-0.3, -0.25) is 9.69 Å². The highest BCUT2D eigenvalue weighted by molar-refractivity contribution is 7.91. The van der Waals surface area contributed by atoms with Gasteiger partial charge in [0.2, 0.25) is 0 Å². The van der Waals surface area contributed by atoms with Gasteiger partial charge in [-0.1, -0.05) is 48.5 Å². The van der Waals surface area contributed by atoms with Crippen molar-refractivity contribution in [2.75, 3.05) is 32.2 Å². The van der Waals surface area contributed by atoms with Gasteiger partial charge >= 0.3 is 0 Å². The van der Waals surface area contributed by atoms with Crippen LogP contribution in [0, 0.1) is 0 Å². The third-order valence-corrected chi connectivity index (χ3v) is 8.72. The van der Waals surface area contributed by atoms with Crippen LogP contribution in [0.25, 0.3) is 10.8 Å². The molecular weight excluding hydrogens is 462 g/mol. The first kappa shape index (κ1) is 23.5. The Balaban J connectivity index is 1.43. The van der Waals surface area contributed by atoms with Crippen LogP contribution in [-0.4, -0.2) is 68.2 Å². The number of ether oxygens (including phenoxy) is 1. The average Bonchev–Trinajstić information content (AvgIpc) is 3.47. The molecule has 0 radical (unpaired) electrons. The van der Waals surface area contributed by atoms with Gasteiger partial charge in [-0.05, 0) is 53.6 Å². The van der Waals surface area contributed by atoms with Gasteiger partial charge in [0.1, 0.15) is 5.75 Å². The zero-order valence-corrected chi connectivity index (χ0v) is 20.7. The van der Waals surface area contributed by atoms with Crippen LogP contribution in [0.5, 0.6) is 5.75 Å². The highest BCUT2D eigenvalue weighted by Gasteiger charge is 2.36. The third kappa shape index (κ3) is 4.94. The zero-order chi connectivity index (χ0) is 24.6. The number of rotatable bonds is 6. The lowest BCUT2D eigenvalue weighted by Crippen LogP contribution is -2.41. The van der Waals surface area contributed by atoms with E-state index in [-0.39, 0.29) is 36.0 Å². The molecule has 0 saturated carbocycles. The number of carbonyl (C=O) groups is 1. The van der Waals surface area contributed by atoms with Crippen molar-refractivity contribution in [1.82, 2.24) is 9.91 Å². The number of fused-ring (bicyclic) bond motifs is 1. The van der Waals surface area contributed by atoms with Crippen molar-refractivity contribution in [1.29, 1.82) is 0 Å². The molecule has 3 aromatic carbocycles. The topological polar surface area (TPSA) is 79.3 Å². The Morgan fingerprint density at radius 3 is 2.51 bits per heavy atom. The maximum Gasteiger partial charge on any atom is 0.257 e. The maximum atomic E-state index is 13.5. The maximum absolute atomic E-state index is 13.5. The monoisotopic (exact) mass is 491 g/mol. The molecule has 1 amide bonds. The fourth-order valence-corrected chi connectivity index (χ4v) is 6.71. The van der Waals surface area contributed by atoms with Crippen molar-refractivity contribution in [2.45, 2.75) is 24.9 Å². The molecule has 0 aromatic heterocycles. The van der Waals surface area contributed by atoms with Gasteiger partial charge in [-0.15, -0.1) is 0 Å². The minimum Gasteiger partial charge on any atom is -0.497 e. The number of hydrazone groups is 1. The number of hydrogen-bond donors (Lipinski definition) is 0. The second-order valence-corrected chi connectivity index (χ2v) is 11.5. The van der Waals surface area contributed by atoms with E-state index in [1.807, 2.05) is 48.3 Å². The number of methoxy groups -OCH3 is 1. The molecule has 8 heteroatoms. The predicted molar refractivity (Wildman–Crippen MR) is 137 cm³/mol. The molecule has 0 N–H and O–H groups in total. The van der Waals surface area contributed by atoms with Gasteiger partial charge in [0.15, 0.2) is 9.84 Å². The smallest absolute Gasteiger partial charge is 0.257 e. The Morgan fingerprint density at radius 1 is 1.09 bits per heavy atom. The third-order valence-electron chi connectivity index (χ3n) is 6.97. The minimum absolute atomic E-state index is 0.101. The van der Waals surface area contributed by atoms with E-state index >= 15 is 0 Å². The van der Waals surface area contributed by atoms with Gasteiger partial charge < -0.3 is 4.74 Å². The van der Waals surface area contributed by atoms with E-state index in [0.717, 1.165) is 33.4 Å². The summed E-state index contributed by atoms with van der Waals surface area (Å²) in [6.45, 7) is 0.112. The summed E-state index contributed by atoms with van der Waals surface area (Å²) in [7, 11) is 0.416. The highest BCUT2D eigenvalue weighted by Crippen LogP contribution is 2.34. The molecule has 1 saturated heterocycles. The Kier molecular flexibility index (Phi) is 6.34. The fraction of sp³-hybridized carbons (Fsp3) is 0.333. The van der Waals surface area contributed by atoms with E-state index in [4.69, 9.17) is 9.84 Å². The molecule has 2 aliphatic heterocycles. The van der Waals surface area contributed by atoms with Crippen LogP contribution in [0.4, 0.5) is 0 Å². The van der Waals surface area contributed by atoms with E-state index in [2.05, 4.69) is 30.3 Å². The molecule has 2 heterocycles. The lowest BCUT2D eigenvalue weighted by molar-refractivity contribution is -0.134. The van der Waals surface area contributed by atoms with E-state index in [0.29, 0.717) is 12.8 Å². The molecule has 3 aromatic rings. The number of benzene rings is 3. The van der Waals surface area contributed by atoms with Crippen molar-refractivity contribution in [3.8, 4) is 5.75 Å². The largest absolute Gasteiger partial charge is 0.497 e. The molecule has 182 valence electrons. The Hall–Kier alpha value is -3.23. The van der Waals surface area contributed by atoms with E-state index in [1.54, 1.807) is 12.1 Å². The molecule has 7 nitrogen and oxygen atoms in total. The van der Waals surface area contributed by atoms with Crippen LogP contribution >= 0.6 is 0 Å². The summed E-state index contributed by atoms with van der Waals surface area (Å²) < 4.78 is 29.1. The van der Waals surface area contributed by atoms with Crippen LogP contribution in [0.15, 0.2) is 71.8 Å². The van der Waals surface area contributed by atoms with Crippen molar-refractivity contribution in [3.63, 3.8) is 0 Å². The summed E-state index contributed by atoms with van der Waals surface area (Å²) >= 11 is 0. The quantitative estimate of drug-likeness (QED) is 0.526. The minimum atomic E-state index is -3.02. The van der Waals surface area contributed by atoms with Gasteiger partial charge in [0.05, 0.1) is 36.9 Å². The van der Waals surface area contributed by atoms with E-state index in [1.165, 1.54) is 0 Å². The van der Waals surface area contributed by atoms with Gasteiger partial charge in [0.25, 0.3) is 5.91 Å². The van der Waals surface area contributed by atoms with Gasteiger partial charge in [0, 0.05) is 12.5 Å². The van der Waals surface area contributed by atoms with Crippen LogP contribution in [-0.2, 0) is 14.6 Å². The summed E-state index contributed by atoms with van der Waals surface area (Å²) in [5.74, 6) is 0.888. The summed E-state index contributed by atoms with van der Waals surface area (Å²) in [5.41, 5.74) is 2.83. The molecule has 0 aliphatic carbocycles. The molecule has 35 heavy (non-hydrogen) atoms. The molecule has 2 aliphatic rings. The molecular formula is C27H29N3O4S. The first-order valence-electron chi connectivity index (χ1n) is 11.8. The van der Waals surface area contributed by atoms with Crippen molar-refractivity contribution in [2.24, 2.45) is 5.10 Å². The molecule has 0 unspecified atom stereocenters. The molecule has 0 bridgehead atoms. The zero-order valence-electron chi connectivity index (χ0n) is 19.9. The van der Waals surface area contributed by atoms with Crippen molar-refractivity contribution in [3.05, 3.63) is 77.9 Å². The number of sulfone groups is 1. The second kappa shape index (κ2) is 9.43. The van der Waals surface area contributed by atoms with Crippen molar-refractivity contribution >= 4 is 32.2 Å². The lowest BCUT2D eigenvalue weighted by Gasteiger charge is -2.27. The Bertz CT molecular complexity index is 1390. The van der Waals surface area contributed by atoms with Crippen LogP contribution in [0.1, 0.15) is 30.0 Å². The molecule has 1 fully saturated rings. The molecule has 0 spiro atoms. The number of carbonyl (C=O) groups excluding carboxylic acids is 1. The number of amides is 1. The van der Waals surface area contributed by atoms with Gasteiger partial charge in [-0.25, -0.2) is 13.4 Å². The number of hydrogen-bond acceptors (Lipinski definition) is 6. The Morgan fingerprint density at radius 2 is 1.83 bits per heavy atom. The van der Waals surface area contributed by atoms with Gasteiger partial charge in [-0.2, -0.15) is 5.10 Å². The number of likely N-dealkylation sites (N-methyl/N-ethyl adjacent to an activating group) is 1. The Labute approximate surface area is 205 Å². The molecule has 2 atom stereocenters. The fourth-order valence-electron chi connectivity index (χ4n) is 4.91.